The van der Waals surface area contributed by atoms with Gasteiger partial charge in [-0.05, 0) is 62.1 Å². The third-order valence-electron chi connectivity index (χ3n) is 5.59. The van der Waals surface area contributed by atoms with Crippen molar-refractivity contribution in [1.82, 2.24) is 9.62 Å². The van der Waals surface area contributed by atoms with Crippen LogP contribution < -0.4 is 4.72 Å². The van der Waals surface area contributed by atoms with Gasteiger partial charge in [0.1, 0.15) is 17.8 Å². The average Bonchev–Trinajstić information content (AvgIpc) is 3.41. The smallest absolute Gasteiger partial charge is 0.134 e. The van der Waals surface area contributed by atoms with Gasteiger partial charge in [-0.15, -0.1) is 0 Å². The summed E-state index contributed by atoms with van der Waals surface area (Å²) < 4.78 is 46.9. The van der Waals surface area contributed by atoms with E-state index in [9.17, 15) is 8.78 Å². The zero-order valence-electron chi connectivity index (χ0n) is 16.1. The highest BCUT2D eigenvalue weighted by atomic mass is 32.2. The molecular formula is C22H25F3N2S. The van der Waals surface area contributed by atoms with Gasteiger partial charge in [0.2, 0.25) is 0 Å². The number of rotatable bonds is 6. The summed E-state index contributed by atoms with van der Waals surface area (Å²) in [6.45, 7) is 2.13. The minimum absolute atomic E-state index is 0.125. The number of likely N-dealkylation sites (tertiary alicyclic amines) is 1. The van der Waals surface area contributed by atoms with E-state index in [1.54, 1.807) is 43.1 Å². The lowest BCUT2D eigenvalue weighted by atomic mass is 9.95. The Kier molecular flexibility index (Phi) is 5.72. The lowest BCUT2D eigenvalue weighted by Gasteiger charge is -2.26. The van der Waals surface area contributed by atoms with Crippen LogP contribution in [0.15, 0.2) is 36.4 Å². The van der Waals surface area contributed by atoms with Crippen molar-refractivity contribution >= 4 is 11.9 Å². The summed E-state index contributed by atoms with van der Waals surface area (Å²) in [5.74, 6) is -0.728. The highest BCUT2D eigenvalue weighted by Crippen LogP contribution is 2.35. The second-order valence-electron chi connectivity index (χ2n) is 7.98. The molecule has 150 valence electrons. The Bertz CT molecular complexity index is 835. The van der Waals surface area contributed by atoms with Crippen molar-refractivity contribution in [3.8, 4) is 11.1 Å². The van der Waals surface area contributed by atoms with Crippen LogP contribution in [0.3, 0.4) is 0 Å². The number of nitrogens with one attached hydrogen (secondary N) is 1. The Morgan fingerprint density at radius 1 is 1.18 bits per heavy atom. The monoisotopic (exact) mass is 406 g/mol. The highest BCUT2D eigenvalue weighted by molar-refractivity contribution is 7.98. The van der Waals surface area contributed by atoms with Crippen molar-refractivity contribution < 1.29 is 13.2 Å². The van der Waals surface area contributed by atoms with Crippen molar-refractivity contribution in [3.05, 3.63) is 59.2 Å². The van der Waals surface area contributed by atoms with E-state index in [1.807, 2.05) is 11.9 Å². The van der Waals surface area contributed by atoms with Gasteiger partial charge in [0.25, 0.3) is 0 Å². The molecule has 3 atom stereocenters. The maximum atomic E-state index is 15.3. The quantitative estimate of drug-likeness (QED) is 0.687. The second-order valence-corrected chi connectivity index (χ2v) is 9.12. The number of nitrogens with zero attached hydrogens (tertiary/aromatic N) is 1. The Morgan fingerprint density at radius 2 is 1.96 bits per heavy atom. The lowest BCUT2D eigenvalue weighted by Crippen LogP contribution is -2.43. The Morgan fingerprint density at radius 3 is 2.68 bits per heavy atom. The third-order valence-corrected chi connectivity index (χ3v) is 6.80. The molecule has 0 amide bonds. The van der Waals surface area contributed by atoms with Crippen molar-refractivity contribution in [2.45, 2.75) is 49.7 Å². The lowest BCUT2D eigenvalue weighted by molar-refractivity contribution is 0.289. The Labute approximate surface area is 168 Å². The van der Waals surface area contributed by atoms with Gasteiger partial charge < -0.3 is 0 Å². The summed E-state index contributed by atoms with van der Waals surface area (Å²) in [5, 5.41) is 0.579. The van der Waals surface area contributed by atoms with Crippen molar-refractivity contribution in [3.63, 3.8) is 0 Å². The minimum atomic E-state index is -0.974. The molecule has 6 heteroatoms. The van der Waals surface area contributed by atoms with E-state index in [-0.39, 0.29) is 23.7 Å². The highest BCUT2D eigenvalue weighted by Gasteiger charge is 2.41. The van der Waals surface area contributed by atoms with Gasteiger partial charge in [-0.1, -0.05) is 36.2 Å². The number of likely N-dealkylation sites (N-methyl/N-ethyl adjacent to an activating group) is 1. The molecule has 4 rings (SSSR count). The Balaban J connectivity index is 1.58. The van der Waals surface area contributed by atoms with Crippen LogP contribution in [-0.2, 0) is 6.42 Å². The standard InChI is InChI=1S/C22H25F3N2S/c1-13-8-15(10-16(23)9-13)18-5-3-4-14(21(18)25)11-20-22(19(24)12-27(20)2)26-28-17-6-7-17/h3-5,8-10,17,19-20,22,26H,6-7,11-12H2,1-2H3. The first-order valence-electron chi connectivity index (χ1n) is 9.73. The normalized spacial score (nSPS) is 25.4. The molecule has 1 aliphatic heterocycles. The van der Waals surface area contributed by atoms with Crippen molar-refractivity contribution in [2.24, 2.45) is 0 Å². The fraction of sp³-hybridized carbons (Fsp3) is 0.455. The average molecular weight is 407 g/mol. The molecule has 1 aliphatic carbocycles. The summed E-state index contributed by atoms with van der Waals surface area (Å²) in [4.78, 5) is 1.97. The first-order chi connectivity index (χ1) is 13.4. The first-order valence-corrected chi connectivity index (χ1v) is 10.6. The van der Waals surface area contributed by atoms with Gasteiger partial charge in [0, 0.05) is 23.4 Å². The number of hydrogen-bond acceptors (Lipinski definition) is 3. The molecule has 0 radical (unpaired) electrons. The van der Waals surface area contributed by atoms with Gasteiger partial charge in [-0.25, -0.2) is 13.2 Å². The number of hydrogen-bond donors (Lipinski definition) is 1. The zero-order chi connectivity index (χ0) is 19.8. The van der Waals surface area contributed by atoms with E-state index >= 15 is 4.39 Å². The van der Waals surface area contributed by atoms with Crippen LogP contribution in [0, 0.1) is 18.6 Å². The maximum Gasteiger partial charge on any atom is 0.134 e. The molecule has 2 aromatic carbocycles. The molecule has 0 spiro atoms. The van der Waals surface area contributed by atoms with Crippen LogP contribution in [0.4, 0.5) is 13.2 Å². The van der Waals surface area contributed by atoms with Crippen LogP contribution in [0.2, 0.25) is 0 Å². The summed E-state index contributed by atoms with van der Waals surface area (Å²) in [7, 11) is 1.89. The molecule has 0 aromatic heterocycles. The largest absolute Gasteiger partial charge is 0.298 e. The van der Waals surface area contributed by atoms with Gasteiger partial charge >= 0.3 is 0 Å². The van der Waals surface area contributed by atoms with E-state index in [1.165, 1.54) is 25.0 Å². The van der Waals surface area contributed by atoms with E-state index in [2.05, 4.69) is 4.72 Å². The van der Waals surface area contributed by atoms with Crippen LogP contribution in [0.25, 0.3) is 11.1 Å². The molecule has 2 aromatic rings. The second kappa shape index (κ2) is 8.09. The van der Waals surface area contributed by atoms with Gasteiger partial charge in [-0.2, -0.15) is 0 Å². The molecule has 1 saturated heterocycles. The van der Waals surface area contributed by atoms with Gasteiger partial charge in [0.05, 0.1) is 6.04 Å². The van der Waals surface area contributed by atoms with Crippen molar-refractivity contribution in [1.29, 1.82) is 0 Å². The SMILES string of the molecule is Cc1cc(F)cc(-c2cccc(CC3C(NSC4CC4)C(F)CN3C)c2F)c1. The molecule has 1 saturated carbocycles. The van der Waals surface area contributed by atoms with E-state index in [0.717, 1.165) is 5.56 Å². The summed E-state index contributed by atoms with van der Waals surface area (Å²) in [6.07, 6.45) is 1.78. The summed E-state index contributed by atoms with van der Waals surface area (Å²) in [6, 6.07) is 9.31. The number of halogens is 3. The molecule has 28 heavy (non-hydrogen) atoms. The number of benzene rings is 2. The van der Waals surface area contributed by atoms with E-state index in [0.29, 0.717) is 34.9 Å². The van der Waals surface area contributed by atoms with E-state index < -0.39 is 6.17 Å². The third kappa shape index (κ3) is 4.24. The molecule has 2 nitrogen and oxygen atoms in total. The van der Waals surface area contributed by atoms with E-state index in [4.69, 9.17) is 0 Å². The van der Waals surface area contributed by atoms with Crippen LogP contribution in [-0.4, -0.2) is 42.0 Å². The molecule has 2 fully saturated rings. The predicted octanol–water partition coefficient (Wildman–Crippen LogP) is 4.90. The Hall–Kier alpha value is -1.50. The van der Waals surface area contributed by atoms with Crippen molar-refractivity contribution in [2.75, 3.05) is 13.6 Å². The molecular weight excluding hydrogens is 381 g/mol. The van der Waals surface area contributed by atoms with Gasteiger partial charge in [0.15, 0.2) is 0 Å². The minimum Gasteiger partial charge on any atom is -0.298 e. The number of alkyl halides is 1. The molecule has 0 bridgehead atoms. The zero-order valence-corrected chi connectivity index (χ0v) is 16.9. The fourth-order valence-electron chi connectivity index (χ4n) is 3.91. The van der Waals surface area contributed by atoms with Crippen LogP contribution >= 0.6 is 11.9 Å². The molecule has 2 aliphatic rings. The molecule has 1 N–H and O–H groups in total. The maximum absolute atomic E-state index is 15.3. The van der Waals surface area contributed by atoms with Crippen LogP contribution in [0.5, 0.6) is 0 Å². The number of aryl methyl sites for hydroxylation is 1. The van der Waals surface area contributed by atoms with Gasteiger partial charge in [-0.3, -0.25) is 9.62 Å². The molecule has 3 unspecified atom stereocenters. The predicted molar refractivity (Wildman–Crippen MR) is 109 cm³/mol. The molecule has 1 heterocycles. The summed E-state index contributed by atoms with van der Waals surface area (Å²) in [5.41, 5.74) is 2.19. The fourth-order valence-corrected chi connectivity index (χ4v) is 4.94. The topological polar surface area (TPSA) is 15.3 Å². The first kappa shape index (κ1) is 19.8. The van der Waals surface area contributed by atoms with Crippen LogP contribution in [0.1, 0.15) is 24.0 Å². The summed E-state index contributed by atoms with van der Waals surface area (Å²) >= 11 is 1.62.